The highest BCUT2D eigenvalue weighted by atomic mass is 32.2. The van der Waals surface area contributed by atoms with Crippen LogP contribution in [0.5, 0.6) is 0 Å². The van der Waals surface area contributed by atoms with E-state index in [2.05, 4.69) is 24.5 Å². The summed E-state index contributed by atoms with van der Waals surface area (Å²) in [5.74, 6) is 0.0778. The molecule has 0 saturated carbocycles. The lowest BCUT2D eigenvalue weighted by Crippen LogP contribution is -2.60. The van der Waals surface area contributed by atoms with Gasteiger partial charge in [0.15, 0.2) is 0 Å². The molecule has 0 aliphatic carbocycles. The van der Waals surface area contributed by atoms with Gasteiger partial charge < -0.3 is 10.2 Å². The van der Waals surface area contributed by atoms with Crippen molar-refractivity contribution >= 4 is 23.6 Å². The van der Waals surface area contributed by atoms with Crippen molar-refractivity contribution in [3.8, 4) is 0 Å². The number of carbonyl (C=O) groups excluding carboxylic acids is 2. The van der Waals surface area contributed by atoms with Crippen LogP contribution in [-0.2, 0) is 9.59 Å². The maximum Gasteiger partial charge on any atom is 0.241 e. The second kappa shape index (κ2) is 5.27. The lowest BCUT2D eigenvalue weighted by atomic mass is 10.2. The van der Waals surface area contributed by atoms with E-state index in [4.69, 9.17) is 0 Å². The van der Waals surface area contributed by atoms with Crippen LogP contribution in [0, 0.1) is 0 Å². The molecule has 0 aromatic rings. The summed E-state index contributed by atoms with van der Waals surface area (Å²) in [6, 6.07) is -0.254. The Balaban J connectivity index is 1.92. The molecule has 5 nitrogen and oxygen atoms in total. The molecule has 2 saturated heterocycles. The predicted molar refractivity (Wildman–Crippen MR) is 67.9 cm³/mol. The number of nitrogens with one attached hydrogen (secondary N) is 2. The fraction of sp³-hybridized carbons (Fsp3) is 0.818. The number of rotatable bonds is 1. The van der Waals surface area contributed by atoms with E-state index >= 15 is 0 Å². The van der Waals surface area contributed by atoms with Gasteiger partial charge in [-0.05, 0) is 0 Å². The maximum atomic E-state index is 12.3. The van der Waals surface area contributed by atoms with Crippen LogP contribution >= 0.6 is 11.8 Å². The number of hydrogen-bond donors (Lipinski definition) is 2. The average Bonchev–Trinajstić information content (AvgIpc) is 2.28. The molecule has 17 heavy (non-hydrogen) atoms. The average molecular weight is 257 g/mol. The molecular formula is C11H19N3O2S. The Morgan fingerprint density at radius 1 is 1.35 bits per heavy atom. The third kappa shape index (κ3) is 3.13. The molecule has 0 bridgehead atoms. The van der Waals surface area contributed by atoms with E-state index in [-0.39, 0.29) is 24.4 Å². The highest BCUT2D eigenvalue weighted by molar-refractivity contribution is 8.00. The fourth-order valence-electron chi connectivity index (χ4n) is 2.32. The summed E-state index contributed by atoms with van der Waals surface area (Å²) in [5, 5.41) is 6.68. The Morgan fingerprint density at radius 3 is 2.53 bits per heavy atom. The lowest BCUT2D eigenvalue weighted by Gasteiger charge is -2.37. The number of carbonyl (C=O) groups is 2. The molecule has 2 aliphatic heterocycles. The van der Waals surface area contributed by atoms with Crippen molar-refractivity contribution in [3.63, 3.8) is 0 Å². The van der Waals surface area contributed by atoms with Gasteiger partial charge in [-0.1, -0.05) is 13.8 Å². The van der Waals surface area contributed by atoms with Crippen LogP contribution in [0.25, 0.3) is 0 Å². The van der Waals surface area contributed by atoms with E-state index in [0.717, 1.165) is 13.1 Å². The third-order valence-corrected chi connectivity index (χ3v) is 4.27. The predicted octanol–water partition coefficient (Wildman–Crippen LogP) is -0.573. The third-order valence-electron chi connectivity index (χ3n) is 3.04. The summed E-state index contributed by atoms with van der Waals surface area (Å²) >= 11 is 1.93. The molecule has 6 heteroatoms. The van der Waals surface area contributed by atoms with Gasteiger partial charge in [0.25, 0.3) is 0 Å². The van der Waals surface area contributed by atoms with Crippen molar-refractivity contribution in [1.82, 2.24) is 15.5 Å². The minimum atomic E-state index is -0.254. The quantitative estimate of drug-likeness (QED) is 0.660. The van der Waals surface area contributed by atoms with Crippen LogP contribution in [0.1, 0.15) is 13.8 Å². The molecule has 96 valence electrons. The number of amides is 2. The number of nitrogens with zero attached hydrogens (tertiary/aromatic N) is 1. The topological polar surface area (TPSA) is 61.4 Å². The molecule has 2 aliphatic rings. The fourth-order valence-corrected chi connectivity index (χ4v) is 3.64. The summed E-state index contributed by atoms with van der Waals surface area (Å²) in [6.45, 7) is 6.56. The summed E-state index contributed by atoms with van der Waals surface area (Å²) in [6.07, 6.45) is 0. The van der Waals surface area contributed by atoms with Crippen molar-refractivity contribution in [2.24, 2.45) is 0 Å². The molecule has 2 amide bonds. The molecule has 2 fully saturated rings. The molecule has 3 unspecified atom stereocenters. The van der Waals surface area contributed by atoms with E-state index in [1.807, 2.05) is 16.7 Å². The summed E-state index contributed by atoms with van der Waals surface area (Å²) < 4.78 is 0. The number of piperazine rings is 1. The molecule has 2 rings (SSSR count). The maximum absolute atomic E-state index is 12.3. The first-order valence-electron chi connectivity index (χ1n) is 6.00. The SMILES string of the molecule is CC1CN(C(=O)C2CNC(=O)CN2)CC(C)S1. The molecule has 0 aromatic carbocycles. The van der Waals surface area contributed by atoms with Gasteiger partial charge in [-0.25, -0.2) is 0 Å². The van der Waals surface area contributed by atoms with Crippen LogP contribution in [0.15, 0.2) is 0 Å². The van der Waals surface area contributed by atoms with E-state index in [9.17, 15) is 9.59 Å². The second-order valence-corrected chi connectivity index (χ2v) is 6.62. The molecule has 2 N–H and O–H groups in total. The van der Waals surface area contributed by atoms with Gasteiger partial charge in [0.2, 0.25) is 11.8 Å². The Labute approximate surface area is 106 Å². The van der Waals surface area contributed by atoms with Crippen LogP contribution in [0.3, 0.4) is 0 Å². The van der Waals surface area contributed by atoms with E-state index < -0.39 is 0 Å². The minimum absolute atomic E-state index is 0.0371. The Hall–Kier alpha value is -0.750. The number of thioether (sulfide) groups is 1. The zero-order chi connectivity index (χ0) is 12.4. The normalized spacial score (nSPS) is 34.4. The van der Waals surface area contributed by atoms with Gasteiger partial charge in [0.05, 0.1) is 6.54 Å². The first kappa shape index (κ1) is 12.7. The van der Waals surface area contributed by atoms with Crippen molar-refractivity contribution in [2.45, 2.75) is 30.4 Å². The van der Waals surface area contributed by atoms with Crippen LogP contribution in [0.2, 0.25) is 0 Å². The Morgan fingerprint density at radius 2 is 2.00 bits per heavy atom. The van der Waals surface area contributed by atoms with E-state index in [1.165, 1.54) is 0 Å². The molecule has 0 spiro atoms. The van der Waals surface area contributed by atoms with Crippen LogP contribution in [-0.4, -0.2) is 59.4 Å². The molecule has 3 atom stereocenters. The van der Waals surface area contributed by atoms with Crippen molar-refractivity contribution in [2.75, 3.05) is 26.2 Å². The Bertz CT molecular complexity index is 304. The van der Waals surface area contributed by atoms with E-state index in [1.54, 1.807) is 0 Å². The Kier molecular flexibility index (Phi) is 3.93. The van der Waals surface area contributed by atoms with Crippen molar-refractivity contribution < 1.29 is 9.59 Å². The van der Waals surface area contributed by atoms with E-state index in [0.29, 0.717) is 17.0 Å². The van der Waals surface area contributed by atoms with Gasteiger partial charge >= 0.3 is 0 Å². The first-order valence-corrected chi connectivity index (χ1v) is 6.95. The zero-order valence-corrected chi connectivity index (χ0v) is 11.0. The van der Waals surface area contributed by atoms with Crippen molar-refractivity contribution in [3.05, 3.63) is 0 Å². The summed E-state index contributed by atoms with van der Waals surface area (Å²) in [7, 11) is 0. The number of hydrogen-bond acceptors (Lipinski definition) is 4. The highest BCUT2D eigenvalue weighted by Gasteiger charge is 2.32. The molecule has 2 heterocycles. The van der Waals surface area contributed by atoms with Gasteiger partial charge in [0.1, 0.15) is 6.04 Å². The van der Waals surface area contributed by atoms with Gasteiger partial charge in [0, 0.05) is 30.1 Å². The largest absolute Gasteiger partial charge is 0.353 e. The summed E-state index contributed by atoms with van der Waals surface area (Å²) in [5.41, 5.74) is 0. The van der Waals surface area contributed by atoms with Gasteiger partial charge in [-0.15, -0.1) is 0 Å². The summed E-state index contributed by atoms with van der Waals surface area (Å²) in [4.78, 5) is 25.2. The minimum Gasteiger partial charge on any atom is -0.353 e. The molecule has 0 radical (unpaired) electrons. The molecule has 0 aromatic heterocycles. The standard InChI is InChI=1S/C11H19N3O2S/c1-7-5-14(6-8(2)17-7)11(16)9-3-13-10(15)4-12-9/h7-9,12H,3-6H2,1-2H3,(H,13,15). The zero-order valence-electron chi connectivity index (χ0n) is 10.2. The second-order valence-electron chi connectivity index (χ2n) is 4.74. The lowest BCUT2D eigenvalue weighted by molar-refractivity contribution is -0.135. The highest BCUT2D eigenvalue weighted by Crippen LogP contribution is 2.24. The molecular weight excluding hydrogens is 238 g/mol. The smallest absolute Gasteiger partial charge is 0.241 e. The van der Waals surface area contributed by atoms with Crippen LogP contribution in [0.4, 0.5) is 0 Å². The first-order chi connectivity index (χ1) is 8.06. The van der Waals surface area contributed by atoms with Gasteiger partial charge in [-0.2, -0.15) is 11.8 Å². The van der Waals surface area contributed by atoms with Crippen LogP contribution < -0.4 is 10.6 Å². The monoisotopic (exact) mass is 257 g/mol. The van der Waals surface area contributed by atoms with Gasteiger partial charge in [-0.3, -0.25) is 14.9 Å². The van der Waals surface area contributed by atoms with Crippen molar-refractivity contribution in [1.29, 1.82) is 0 Å².